The lowest BCUT2D eigenvalue weighted by Gasteiger charge is -2.34. The second kappa shape index (κ2) is 8.44. The molecule has 6 rings (SSSR count). The highest BCUT2D eigenvalue weighted by atomic mass is 32.1. The van der Waals surface area contributed by atoms with Crippen LogP contribution in [0.1, 0.15) is 22.3 Å². The number of carbonyl (C=O) groups excluding carboxylic acids is 1. The van der Waals surface area contributed by atoms with Gasteiger partial charge >= 0.3 is 0 Å². The van der Waals surface area contributed by atoms with Crippen molar-refractivity contribution in [3.8, 4) is 0 Å². The maximum atomic E-state index is 13.5. The van der Waals surface area contributed by atoms with E-state index in [-0.39, 0.29) is 5.91 Å². The number of hydrogen-bond donors (Lipinski definition) is 0. The van der Waals surface area contributed by atoms with Gasteiger partial charge in [-0.05, 0) is 42.7 Å². The highest BCUT2D eigenvalue weighted by Gasteiger charge is 2.27. The number of carbonyl (C=O) groups is 1. The van der Waals surface area contributed by atoms with Crippen LogP contribution in [-0.2, 0) is 6.42 Å². The third-order valence-corrected chi connectivity index (χ3v) is 7.42. The molecule has 8 heteroatoms. The van der Waals surface area contributed by atoms with Crippen LogP contribution in [0.25, 0.3) is 10.2 Å². The lowest BCUT2D eigenvalue weighted by molar-refractivity contribution is 0.0748. The number of para-hydroxylation sites is 2. The van der Waals surface area contributed by atoms with Crippen LogP contribution in [0.4, 0.5) is 16.8 Å². The van der Waals surface area contributed by atoms with Crippen molar-refractivity contribution in [3.63, 3.8) is 0 Å². The average molecular weight is 457 g/mol. The zero-order valence-corrected chi connectivity index (χ0v) is 19.0. The van der Waals surface area contributed by atoms with E-state index in [1.54, 1.807) is 23.7 Å². The number of hydrogen-bond acceptors (Lipinski definition) is 7. The molecule has 1 fully saturated rings. The van der Waals surface area contributed by atoms with E-state index in [0.717, 1.165) is 53.8 Å². The molecule has 0 unspecified atom stereocenters. The van der Waals surface area contributed by atoms with E-state index in [1.165, 1.54) is 11.3 Å². The molecule has 0 radical (unpaired) electrons. The van der Waals surface area contributed by atoms with Gasteiger partial charge in [-0.2, -0.15) is 0 Å². The zero-order valence-electron chi connectivity index (χ0n) is 18.2. The van der Waals surface area contributed by atoms with Crippen LogP contribution in [0, 0.1) is 0 Å². The smallest absolute Gasteiger partial charge is 0.256 e. The molecule has 0 aliphatic carbocycles. The summed E-state index contributed by atoms with van der Waals surface area (Å²) in [6.07, 6.45) is 5.71. The number of benzene rings is 2. The zero-order chi connectivity index (χ0) is 22.2. The van der Waals surface area contributed by atoms with Crippen molar-refractivity contribution in [2.24, 2.45) is 0 Å². The summed E-state index contributed by atoms with van der Waals surface area (Å²) < 4.78 is 1.05. The van der Waals surface area contributed by atoms with Gasteiger partial charge in [0, 0.05) is 50.8 Å². The van der Waals surface area contributed by atoms with Gasteiger partial charge in [-0.1, -0.05) is 35.6 Å². The molecule has 33 heavy (non-hydrogen) atoms. The Kier molecular flexibility index (Phi) is 5.14. The van der Waals surface area contributed by atoms with Crippen LogP contribution in [0.5, 0.6) is 0 Å². The van der Waals surface area contributed by atoms with Gasteiger partial charge in [0.1, 0.15) is 0 Å². The molecule has 0 spiro atoms. The Balaban J connectivity index is 1.26. The number of aromatic nitrogens is 3. The molecule has 2 aliphatic rings. The summed E-state index contributed by atoms with van der Waals surface area (Å²) in [5.74, 6) is 0.766. The fourth-order valence-electron chi connectivity index (χ4n) is 4.69. The minimum atomic E-state index is 0.0464. The van der Waals surface area contributed by atoms with E-state index < -0.39 is 0 Å². The van der Waals surface area contributed by atoms with Gasteiger partial charge in [-0.15, -0.1) is 0 Å². The molecule has 0 saturated carbocycles. The predicted molar refractivity (Wildman–Crippen MR) is 132 cm³/mol. The summed E-state index contributed by atoms with van der Waals surface area (Å²) in [5.41, 5.74) is 4.08. The quantitative estimate of drug-likeness (QED) is 0.462. The van der Waals surface area contributed by atoms with E-state index in [0.29, 0.717) is 18.7 Å². The Morgan fingerprint density at radius 3 is 2.55 bits per heavy atom. The maximum absolute atomic E-state index is 13.5. The Labute approximate surface area is 196 Å². The number of thiazole rings is 1. The molecule has 1 saturated heterocycles. The van der Waals surface area contributed by atoms with E-state index in [4.69, 9.17) is 4.98 Å². The highest BCUT2D eigenvalue weighted by molar-refractivity contribution is 7.22. The van der Waals surface area contributed by atoms with Crippen molar-refractivity contribution < 1.29 is 4.79 Å². The Morgan fingerprint density at radius 2 is 1.70 bits per heavy atom. The molecule has 2 aliphatic heterocycles. The van der Waals surface area contributed by atoms with Gasteiger partial charge in [0.2, 0.25) is 5.95 Å². The molecule has 0 N–H and O–H groups in total. The molecular weight excluding hydrogens is 432 g/mol. The van der Waals surface area contributed by atoms with Gasteiger partial charge in [0.05, 0.1) is 15.8 Å². The fourth-order valence-corrected chi connectivity index (χ4v) is 5.72. The van der Waals surface area contributed by atoms with Crippen molar-refractivity contribution in [2.45, 2.75) is 12.8 Å². The average Bonchev–Trinajstić information content (AvgIpc) is 3.33. The number of piperazine rings is 1. The van der Waals surface area contributed by atoms with Crippen molar-refractivity contribution >= 4 is 44.2 Å². The minimum Gasteiger partial charge on any atom is -0.337 e. The summed E-state index contributed by atoms with van der Waals surface area (Å²) in [4.78, 5) is 33.5. The lowest BCUT2D eigenvalue weighted by Crippen LogP contribution is -2.49. The van der Waals surface area contributed by atoms with Gasteiger partial charge in [-0.3, -0.25) is 4.79 Å². The van der Waals surface area contributed by atoms with E-state index in [9.17, 15) is 4.79 Å². The molecule has 1 amide bonds. The Bertz CT molecular complexity index is 1300. The van der Waals surface area contributed by atoms with E-state index in [1.807, 2.05) is 23.1 Å². The number of nitrogens with zero attached hydrogens (tertiary/aromatic N) is 6. The first kappa shape index (κ1) is 20.1. The van der Waals surface area contributed by atoms with Crippen molar-refractivity contribution in [1.29, 1.82) is 0 Å². The second-order valence-corrected chi connectivity index (χ2v) is 9.37. The number of anilines is 3. The van der Waals surface area contributed by atoms with Crippen LogP contribution >= 0.6 is 11.3 Å². The van der Waals surface area contributed by atoms with Crippen molar-refractivity contribution in [3.05, 3.63) is 72.1 Å². The number of rotatable bonds is 3. The lowest BCUT2D eigenvalue weighted by atomic mass is 10.0. The van der Waals surface area contributed by atoms with Crippen LogP contribution in [0.3, 0.4) is 0 Å². The standard InChI is InChI=1S/C25H24N6OS/c32-23(29-14-16-30(17-15-29)24-26-11-5-12-27-24)19-8-3-10-21-22(19)28-25(33-21)31-13-4-7-18-6-1-2-9-20(18)31/h1-3,5-6,8-12H,4,7,13-17H2. The third kappa shape index (κ3) is 3.70. The van der Waals surface area contributed by atoms with Crippen LogP contribution in [0.2, 0.25) is 0 Å². The predicted octanol–water partition coefficient (Wildman–Crippen LogP) is 4.13. The van der Waals surface area contributed by atoms with Gasteiger partial charge in [0.25, 0.3) is 5.91 Å². The first-order valence-corrected chi connectivity index (χ1v) is 12.2. The third-order valence-electron chi connectivity index (χ3n) is 6.38. The molecule has 4 aromatic rings. The molecule has 0 atom stereocenters. The molecule has 2 aromatic carbocycles. The molecular formula is C25H24N6OS. The summed E-state index contributed by atoms with van der Waals surface area (Å²) in [6.45, 7) is 3.68. The van der Waals surface area contributed by atoms with E-state index in [2.05, 4.69) is 50.1 Å². The fraction of sp³-hybridized carbons (Fsp3) is 0.280. The first-order valence-electron chi connectivity index (χ1n) is 11.3. The Morgan fingerprint density at radius 1 is 0.879 bits per heavy atom. The van der Waals surface area contributed by atoms with Crippen LogP contribution in [0.15, 0.2) is 60.9 Å². The largest absolute Gasteiger partial charge is 0.337 e. The molecule has 7 nitrogen and oxygen atoms in total. The summed E-state index contributed by atoms with van der Waals surface area (Å²) in [5, 5.41) is 0.962. The summed E-state index contributed by atoms with van der Waals surface area (Å²) in [6, 6.07) is 16.3. The van der Waals surface area contributed by atoms with Gasteiger partial charge < -0.3 is 14.7 Å². The summed E-state index contributed by atoms with van der Waals surface area (Å²) in [7, 11) is 0. The van der Waals surface area contributed by atoms with Crippen LogP contribution in [-0.4, -0.2) is 58.5 Å². The maximum Gasteiger partial charge on any atom is 0.256 e. The van der Waals surface area contributed by atoms with Crippen molar-refractivity contribution in [1.82, 2.24) is 19.9 Å². The highest BCUT2D eigenvalue weighted by Crippen LogP contribution is 2.38. The van der Waals surface area contributed by atoms with Gasteiger partial charge in [-0.25, -0.2) is 15.0 Å². The molecule has 166 valence electrons. The molecule has 4 heterocycles. The number of fused-ring (bicyclic) bond motifs is 2. The minimum absolute atomic E-state index is 0.0464. The van der Waals surface area contributed by atoms with Crippen LogP contribution < -0.4 is 9.80 Å². The first-order chi connectivity index (χ1) is 16.3. The number of aryl methyl sites for hydroxylation is 1. The number of amides is 1. The van der Waals surface area contributed by atoms with Gasteiger partial charge in [0.15, 0.2) is 5.13 Å². The second-order valence-electron chi connectivity index (χ2n) is 8.36. The molecule has 0 bridgehead atoms. The SMILES string of the molecule is O=C(c1cccc2sc(N3CCCc4ccccc43)nc12)N1CCN(c2ncccn2)CC1. The summed E-state index contributed by atoms with van der Waals surface area (Å²) >= 11 is 1.66. The molecule has 2 aromatic heterocycles. The van der Waals surface area contributed by atoms with Crippen molar-refractivity contribution in [2.75, 3.05) is 42.5 Å². The Hall–Kier alpha value is -3.52. The topological polar surface area (TPSA) is 65.5 Å². The van der Waals surface area contributed by atoms with E-state index >= 15 is 0 Å². The monoisotopic (exact) mass is 456 g/mol. The normalized spacial score (nSPS) is 16.2.